The molecule has 0 bridgehead atoms. The molecule has 0 N–H and O–H groups in total. The Morgan fingerprint density at radius 1 is 1.00 bits per heavy atom. The van der Waals surface area contributed by atoms with Gasteiger partial charge in [-0.2, -0.15) is 0 Å². The maximum absolute atomic E-state index is 4.80. The molecule has 22 heavy (non-hydrogen) atoms. The van der Waals surface area contributed by atoms with Crippen molar-refractivity contribution in [2.24, 2.45) is 16.8 Å². The molecule has 0 aromatic heterocycles. The van der Waals surface area contributed by atoms with E-state index >= 15 is 0 Å². The van der Waals surface area contributed by atoms with Gasteiger partial charge in [0.1, 0.15) is 0 Å². The second-order valence-corrected chi connectivity index (χ2v) is 6.46. The quantitative estimate of drug-likeness (QED) is 0.551. The van der Waals surface area contributed by atoms with E-state index in [9.17, 15) is 0 Å². The van der Waals surface area contributed by atoms with Gasteiger partial charge in [0.25, 0.3) is 0 Å². The van der Waals surface area contributed by atoms with Crippen LogP contribution in [-0.2, 0) is 6.54 Å². The number of benzene rings is 1. The largest absolute Gasteiger partial charge is 0.342 e. The van der Waals surface area contributed by atoms with Gasteiger partial charge in [0, 0.05) is 26.2 Å². The summed E-state index contributed by atoms with van der Waals surface area (Å²) in [6.45, 7) is 5.39. The smallest absolute Gasteiger partial charge is 0.197 e. The first-order valence-electron chi connectivity index (χ1n) is 8.13. The average Bonchev–Trinajstić information content (AvgIpc) is 3.14. The van der Waals surface area contributed by atoms with Crippen LogP contribution in [0.4, 0.5) is 0 Å². The van der Waals surface area contributed by atoms with Crippen LogP contribution >= 0.6 is 24.0 Å². The molecule has 4 heteroatoms. The van der Waals surface area contributed by atoms with Crippen molar-refractivity contribution in [3.8, 4) is 0 Å². The highest BCUT2D eigenvalue weighted by atomic mass is 127. The molecule has 1 aromatic rings. The Bertz CT molecular complexity index is 539. The van der Waals surface area contributed by atoms with E-state index in [1.54, 1.807) is 0 Å². The van der Waals surface area contributed by atoms with E-state index in [4.69, 9.17) is 4.99 Å². The third-order valence-electron chi connectivity index (χ3n) is 5.03. The third kappa shape index (κ3) is 3.16. The van der Waals surface area contributed by atoms with E-state index in [1.807, 2.05) is 0 Å². The van der Waals surface area contributed by atoms with Crippen molar-refractivity contribution in [2.45, 2.75) is 19.4 Å². The van der Waals surface area contributed by atoms with Gasteiger partial charge in [0.2, 0.25) is 0 Å². The number of rotatable bonds is 2. The van der Waals surface area contributed by atoms with Crippen molar-refractivity contribution in [1.29, 1.82) is 0 Å². The van der Waals surface area contributed by atoms with E-state index in [0.29, 0.717) is 0 Å². The van der Waals surface area contributed by atoms with Gasteiger partial charge in [0.05, 0.1) is 6.54 Å². The maximum Gasteiger partial charge on any atom is 0.197 e. The van der Waals surface area contributed by atoms with E-state index in [2.05, 4.69) is 52.3 Å². The van der Waals surface area contributed by atoms with Gasteiger partial charge in [-0.25, -0.2) is 0 Å². The van der Waals surface area contributed by atoms with E-state index in [-0.39, 0.29) is 24.0 Å². The normalized spacial score (nSPS) is 26.6. The minimum atomic E-state index is 0. The lowest BCUT2D eigenvalue weighted by Crippen LogP contribution is -2.40. The molecule has 4 rings (SSSR count). The molecule has 1 aliphatic carbocycles. The predicted octanol–water partition coefficient (Wildman–Crippen LogP) is 3.37. The molecule has 1 aromatic carbocycles. The Kier molecular flexibility index (Phi) is 5.06. The Morgan fingerprint density at radius 3 is 2.36 bits per heavy atom. The van der Waals surface area contributed by atoms with Crippen LogP contribution in [0.25, 0.3) is 0 Å². The lowest BCUT2D eigenvalue weighted by atomic mass is 9.86. The number of hydrogen-bond acceptors (Lipinski definition) is 3. The third-order valence-corrected chi connectivity index (χ3v) is 5.03. The summed E-state index contributed by atoms with van der Waals surface area (Å²) in [5.41, 5.74) is 1.38. The summed E-state index contributed by atoms with van der Waals surface area (Å²) in [5.74, 6) is 2.93. The molecule has 3 nitrogen and oxygen atoms in total. The lowest BCUT2D eigenvalue weighted by molar-refractivity contribution is 0.364. The van der Waals surface area contributed by atoms with Gasteiger partial charge in [-0.15, -0.1) is 24.0 Å². The predicted molar refractivity (Wildman–Crippen MR) is 101 cm³/mol. The molecular weight excluding hydrogens is 385 g/mol. The Hall–Kier alpha value is -1.04. The number of guanidine groups is 1. The molecular formula is C18H24IN3. The molecule has 2 atom stereocenters. The summed E-state index contributed by atoms with van der Waals surface area (Å²) in [7, 11) is 0. The summed E-state index contributed by atoms with van der Waals surface area (Å²) in [5, 5.41) is 0. The molecule has 0 amide bonds. The number of nitrogens with zero attached hydrogens (tertiary/aromatic N) is 3. The molecule has 1 saturated heterocycles. The highest BCUT2D eigenvalue weighted by molar-refractivity contribution is 14.0. The summed E-state index contributed by atoms with van der Waals surface area (Å²) in [6.07, 6.45) is 7.24. The molecule has 118 valence electrons. The topological polar surface area (TPSA) is 18.8 Å². The second-order valence-electron chi connectivity index (χ2n) is 6.46. The van der Waals surface area contributed by atoms with Crippen molar-refractivity contribution in [2.75, 3.05) is 26.2 Å². The summed E-state index contributed by atoms with van der Waals surface area (Å²) >= 11 is 0. The van der Waals surface area contributed by atoms with Crippen molar-refractivity contribution >= 4 is 29.9 Å². The number of halogens is 1. The van der Waals surface area contributed by atoms with Gasteiger partial charge in [-0.3, -0.25) is 4.99 Å². The van der Waals surface area contributed by atoms with Crippen LogP contribution in [0.2, 0.25) is 0 Å². The van der Waals surface area contributed by atoms with E-state index in [0.717, 1.165) is 31.5 Å². The highest BCUT2D eigenvalue weighted by Gasteiger charge is 2.36. The maximum atomic E-state index is 4.80. The lowest BCUT2D eigenvalue weighted by Gasteiger charge is -2.28. The van der Waals surface area contributed by atoms with Gasteiger partial charge in [0.15, 0.2) is 5.96 Å². The van der Waals surface area contributed by atoms with E-state index in [1.165, 1.54) is 37.5 Å². The van der Waals surface area contributed by atoms with Gasteiger partial charge in [-0.05, 0) is 30.2 Å². The number of hydrogen-bond donors (Lipinski definition) is 0. The Balaban J connectivity index is 0.00000144. The van der Waals surface area contributed by atoms with Crippen LogP contribution in [-0.4, -0.2) is 41.9 Å². The van der Waals surface area contributed by atoms with Crippen LogP contribution in [0, 0.1) is 11.8 Å². The molecule has 0 saturated carbocycles. The van der Waals surface area contributed by atoms with Gasteiger partial charge >= 0.3 is 0 Å². The van der Waals surface area contributed by atoms with Crippen LogP contribution < -0.4 is 0 Å². The monoisotopic (exact) mass is 409 g/mol. The number of likely N-dealkylation sites (tertiary alicyclic amines) is 1. The molecule has 2 heterocycles. The Morgan fingerprint density at radius 2 is 1.68 bits per heavy atom. The molecule has 0 spiro atoms. The van der Waals surface area contributed by atoms with Crippen LogP contribution in [0.5, 0.6) is 0 Å². The molecule has 2 aliphatic heterocycles. The first-order chi connectivity index (χ1) is 10.4. The zero-order valence-electron chi connectivity index (χ0n) is 12.9. The minimum Gasteiger partial charge on any atom is -0.342 e. The van der Waals surface area contributed by atoms with Gasteiger partial charge < -0.3 is 9.80 Å². The summed E-state index contributed by atoms with van der Waals surface area (Å²) in [6, 6.07) is 10.8. The first kappa shape index (κ1) is 15.8. The summed E-state index contributed by atoms with van der Waals surface area (Å²) in [4.78, 5) is 9.80. The fourth-order valence-corrected chi connectivity index (χ4v) is 3.90. The zero-order valence-corrected chi connectivity index (χ0v) is 15.2. The first-order valence-corrected chi connectivity index (χ1v) is 8.13. The Labute approximate surface area is 150 Å². The molecule has 0 unspecified atom stereocenters. The molecule has 1 fully saturated rings. The number of fused-ring (bicyclic) bond motifs is 1. The zero-order chi connectivity index (χ0) is 14.1. The van der Waals surface area contributed by atoms with Crippen molar-refractivity contribution in [1.82, 2.24) is 9.80 Å². The average molecular weight is 409 g/mol. The molecule has 3 aliphatic rings. The van der Waals surface area contributed by atoms with Crippen molar-refractivity contribution in [3.05, 3.63) is 48.0 Å². The van der Waals surface area contributed by atoms with Crippen molar-refractivity contribution in [3.63, 3.8) is 0 Å². The van der Waals surface area contributed by atoms with Crippen molar-refractivity contribution < 1.29 is 0 Å². The summed E-state index contributed by atoms with van der Waals surface area (Å²) < 4.78 is 0. The van der Waals surface area contributed by atoms with Gasteiger partial charge in [-0.1, -0.05) is 42.5 Å². The second kappa shape index (κ2) is 7.02. The van der Waals surface area contributed by atoms with E-state index < -0.39 is 0 Å². The number of aliphatic imine (C=N–C) groups is 1. The fraction of sp³-hybridized carbons (Fsp3) is 0.500. The fourth-order valence-electron chi connectivity index (χ4n) is 3.90. The molecule has 0 radical (unpaired) electrons. The SMILES string of the molecule is C1=CC[C@H]2CN(C3=NCCN3Cc3ccccc3)C[C@H]2C1.I. The number of allylic oxidation sites excluding steroid dienone is 2. The standard InChI is InChI=1S/C18H23N3.HI/c1-2-6-15(7-3-1)12-20-11-10-19-18(20)21-13-16-8-4-5-9-17(16)14-21;/h1-7,16-17H,8-14H2;1H/t16-,17+;. The van der Waals surface area contributed by atoms with Crippen LogP contribution in [0.3, 0.4) is 0 Å². The van der Waals surface area contributed by atoms with Crippen LogP contribution in [0.15, 0.2) is 47.5 Å². The highest BCUT2D eigenvalue weighted by Crippen LogP contribution is 2.33. The van der Waals surface area contributed by atoms with Crippen LogP contribution in [0.1, 0.15) is 18.4 Å². The minimum absolute atomic E-state index is 0.